The van der Waals surface area contributed by atoms with E-state index in [1.807, 2.05) is 12.1 Å². The Morgan fingerprint density at radius 3 is 3.06 bits per heavy atom. The van der Waals surface area contributed by atoms with E-state index in [-0.39, 0.29) is 17.9 Å². The van der Waals surface area contributed by atoms with Gasteiger partial charge >= 0.3 is 0 Å². The number of phenols is 1. The van der Waals surface area contributed by atoms with Crippen LogP contribution in [0.2, 0.25) is 0 Å². The van der Waals surface area contributed by atoms with Crippen LogP contribution in [0.1, 0.15) is 13.3 Å². The molecule has 1 aromatic carbocycles. The second-order valence-corrected chi connectivity index (χ2v) is 4.68. The maximum absolute atomic E-state index is 9.59. The highest BCUT2D eigenvalue weighted by Crippen LogP contribution is 2.27. The number of pyridine rings is 1. The third-order valence-electron chi connectivity index (χ3n) is 3.45. The fraction of sp³-hybridized carbons (Fsp3) is 0.357. The van der Waals surface area contributed by atoms with E-state index in [1.54, 1.807) is 18.3 Å². The van der Waals surface area contributed by atoms with Crippen molar-refractivity contribution in [3.63, 3.8) is 0 Å². The van der Waals surface area contributed by atoms with Gasteiger partial charge in [0.15, 0.2) is 0 Å². The van der Waals surface area contributed by atoms with Crippen molar-refractivity contribution in [3.8, 4) is 5.75 Å². The molecule has 1 aliphatic heterocycles. The molecule has 2 N–H and O–H groups in total. The first-order chi connectivity index (χ1) is 8.74. The Balaban J connectivity index is 1.98. The van der Waals surface area contributed by atoms with Gasteiger partial charge in [0, 0.05) is 18.2 Å². The number of ether oxygens (including phenoxy) is 1. The van der Waals surface area contributed by atoms with Crippen molar-refractivity contribution < 1.29 is 9.84 Å². The van der Waals surface area contributed by atoms with E-state index >= 15 is 0 Å². The van der Waals surface area contributed by atoms with Crippen molar-refractivity contribution in [1.82, 2.24) is 4.98 Å². The van der Waals surface area contributed by atoms with E-state index in [9.17, 15) is 5.11 Å². The van der Waals surface area contributed by atoms with Gasteiger partial charge in [-0.2, -0.15) is 0 Å². The number of hydrogen-bond acceptors (Lipinski definition) is 4. The first-order valence-electron chi connectivity index (χ1n) is 6.20. The zero-order valence-corrected chi connectivity index (χ0v) is 10.3. The predicted octanol–water partition coefficient (Wildman–Crippen LogP) is 2.53. The lowest BCUT2D eigenvalue weighted by Crippen LogP contribution is -2.27. The summed E-state index contributed by atoms with van der Waals surface area (Å²) in [4.78, 5) is 4.37. The molecule has 1 aliphatic rings. The maximum atomic E-state index is 9.59. The summed E-state index contributed by atoms with van der Waals surface area (Å²) in [6.45, 7) is 2.85. The second kappa shape index (κ2) is 4.46. The van der Waals surface area contributed by atoms with E-state index in [0.29, 0.717) is 0 Å². The molecule has 0 amide bonds. The van der Waals surface area contributed by atoms with Crippen molar-refractivity contribution in [1.29, 1.82) is 0 Å². The summed E-state index contributed by atoms with van der Waals surface area (Å²) in [7, 11) is 0. The van der Waals surface area contributed by atoms with Crippen molar-refractivity contribution in [2.45, 2.75) is 25.5 Å². The molecule has 4 nitrogen and oxygen atoms in total. The molecule has 1 fully saturated rings. The zero-order chi connectivity index (χ0) is 12.5. The maximum Gasteiger partial charge on any atom is 0.134 e. The first-order valence-corrected chi connectivity index (χ1v) is 6.20. The Labute approximate surface area is 106 Å². The molecule has 4 heteroatoms. The molecule has 2 atom stereocenters. The minimum absolute atomic E-state index is 0.194. The van der Waals surface area contributed by atoms with Crippen molar-refractivity contribution in [2.75, 3.05) is 11.9 Å². The van der Waals surface area contributed by atoms with Crippen LogP contribution >= 0.6 is 0 Å². The van der Waals surface area contributed by atoms with Crippen LogP contribution in [0.5, 0.6) is 5.75 Å². The Bertz CT molecular complexity index is 571. The fourth-order valence-corrected chi connectivity index (χ4v) is 2.37. The number of benzene rings is 1. The van der Waals surface area contributed by atoms with E-state index < -0.39 is 0 Å². The van der Waals surface area contributed by atoms with Gasteiger partial charge in [0.05, 0.1) is 12.1 Å². The molecule has 3 rings (SSSR count). The number of nitrogens with zero attached hydrogens (tertiary/aromatic N) is 1. The summed E-state index contributed by atoms with van der Waals surface area (Å²) in [5.41, 5.74) is 0. The molecule has 0 aliphatic carbocycles. The largest absolute Gasteiger partial charge is 0.508 e. The Morgan fingerprint density at radius 1 is 1.39 bits per heavy atom. The molecule has 0 spiro atoms. The molecule has 2 aromatic rings. The SMILES string of the molecule is CC1OCCC1Nc1nccc2ccc(O)cc12. The number of nitrogens with one attached hydrogen (secondary N) is 1. The van der Waals surface area contributed by atoms with Gasteiger partial charge in [-0.25, -0.2) is 4.98 Å². The standard InChI is InChI=1S/C14H16N2O2/c1-9-13(5-7-18-9)16-14-12-8-11(17)3-2-10(12)4-6-15-14/h2-4,6,8-9,13,17H,5,7H2,1H3,(H,15,16). The lowest BCUT2D eigenvalue weighted by Gasteiger charge is -2.17. The van der Waals surface area contributed by atoms with Gasteiger partial charge < -0.3 is 15.2 Å². The van der Waals surface area contributed by atoms with Gasteiger partial charge in [-0.15, -0.1) is 0 Å². The second-order valence-electron chi connectivity index (χ2n) is 4.68. The number of fused-ring (bicyclic) bond motifs is 1. The van der Waals surface area contributed by atoms with Crippen LogP contribution in [0.3, 0.4) is 0 Å². The summed E-state index contributed by atoms with van der Waals surface area (Å²) >= 11 is 0. The minimum atomic E-state index is 0.194. The van der Waals surface area contributed by atoms with Gasteiger partial charge in [0.2, 0.25) is 0 Å². The fourth-order valence-electron chi connectivity index (χ4n) is 2.37. The molecule has 94 valence electrons. The predicted molar refractivity (Wildman–Crippen MR) is 70.8 cm³/mol. The number of aromatic hydroxyl groups is 1. The number of aromatic nitrogens is 1. The van der Waals surface area contributed by atoms with Crippen LogP contribution in [-0.4, -0.2) is 28.8 Å². The van der Waals surface area contributed by atoms with Crippen LogP contribution in [0.25, 0.3) is 10.8 Å². The Morgan fingerprint density at radius 2 is 2.28 bits per heavy atom. The molecule has 2 heterocycles. The van der Waals surface area contributed by atoms with Gasteiger partial charge in [0.25, 0.3) is 0 Å². The Hall–Kier alpha value is -1.81. The van der Waals surface area contributed by atoms with Crippen LogP contribution in [0.15, 0.2) is 30.5 Å². The molecular formula is C14H16N2O2. The molecule has 0 bridgehead atoms. The van der Waals surface area contributed by atoms with Gasteiger partial charge in [0.1, 0.15) is 11.6 Å². The Kier molecular flexibility index (Phi) is 2.80. The average Bonchev–Trinajstić information content (AvgIpc) is 2.76. The van der Waals surface area contributed by atoms with E-state index in [0.717, 1.165) is 29.6 Å². The summed E-state index contributed by atoms with van der Waals surface area (Å²) in [5, 5.41) is 15.0. The van der Waals surface area contributed by atoms with Gasteiger partial charge in [-0.05, 0) is 36.9 Å². The lowest BCUT2D eigenvalue weighted by molar-refractivity contribution is 0.121. The molecular weight excluding hydrogens is 228 g/mol. The summed E-state index contributed by atoms with van der Waals surface area (Å²) in [6, 6.07) is 7.55. The van der Waals surface area contributed by atoms with Crippen molar-refractivity contribution in [3.05, 3.63) is 30.5 Å². The number of anilines is 1. The normalized spacial score (nSPS) is 23.4. The van der Waals surface area contributed by atoms with Gasteiger partial charge in [-0.1, -0.05) is 6.07 Å². The average molecular weight is 244 g/mol. The van der Waals surface area contributed by atoms with E-state index in [4.69, 9.17) is 4.74 Å². The molecule has 1 saturated heterocycles. The molecule has 0 saturated carbocycles. The highest BCUT2D eigenvalue weighted by atomic mass is 16.5. The highest BCUT2D eigenvalue weighted by molar-refractivity contribution is 5.92. The summed E-state index contributed by atoms with van der Waals surface area (Å²) in [6.07, 6.45) is 2.96. The van der Waals surface area contributed by atoms with Crippen LogP contribution in [-0.2, 0) is 4.74 Å². The van der Waals surface area contributed by atoms with E-state index in [1.165, 1.54) is 0 Å². The third kappa shape index (κ3) is 1.99. The number of hydrogen-bond donors (Lipinski definition) is 2. The van der Waals surface area contributed by atoms with Crippen LogP contribution < -0.4 is 5.32 Å². The van der Waals surface area contributed by atoms with E-state index in [2.05, 4.69) is 17.2 Å². The highest BCUT2D eigenvalue weighted by Gasteiger charge is 2.24. The van der Waals surface area contributed by atoms with Crippen molar-refractivity contribution in [2.24, 2.45) is 0 Å². The minimum Gasteiger partial charge on any atom is -0.508 e. The first kappa shape index (κ1) is 11.3. The third-order valence-corrected chi connectivity index (χ3v) is 3.45. The van der Waals surface area contributed by atoms with Crippen molar-refractivity contribution >= 4 is 16.6 Å². The number of phenolic OH excluding ortho intramolecular Hbond substituents is 1. The topological polar surface area (TPSA) is 54.4 Å². The van der Waals surface area contributed by atoms with Crippen LogP contribution in [0, 0.1) is 0 Å². The monoisotopic (exact) mass is 244 g/mol. The summed E-state index contributed by atoms with van der Waals surface area (Å²) < 4.78 is 5.53. The van der Waals surface area contributed by atoms with Crippen LogP contribution in [0.4, 0.5) is 5.82 Å². The molecule has 0 radical (unpaired) electrons. The molecule has 1 aromatic heterocycles. The molecule has 18 heavy (non-hydrogen) atoms. The smallest absolute Gasteiger partial charge is 0.134 e. The molecule has 2 unspecified atom stereocenters. The zero-order valence-electron chi connectivity index (χ0n) is 10.3. The van der Waals surface area contributed by atoms with Gasteiger partial charge in [-0.3, -0.25) is 0 Å². The number of rotatable bonds is 2. The lowest BCUT2D eigenvalue weighted by atomic mass is 10.1. The quantitative estimate of drug-likeness (QED) is 0.852. The summed E-state index contributed by atoms with van der Waals surface area (Å²) in [5.74, 6) is 1.07.